The average molecular weight is 267 g/mol. The standard InChI is InChI=1S/C12H7F2NO4/c13-6-2-1-3-7(14)10(6)15-11(16)8-4-5-9(19-8)12(17)18/h1-5H,(H,15,16)(H,17,18). The van der Waals surface area contributed by atoms with Gasteiger partial charge < -0.3 is 14.8 Å². The van der Waals surface area contributed by atoms with E-state index in [1.807, 2.05) is 5.32 Å². The highest BCUT2D eigenvalue weighted by Crippen LogP contribution is 2.19. The maximum Gasteiger partial charge on any atom is 0.371 e. The second-order valence-electron chi connectivity index (χ2n) is 3.52. The number of hydrogen-bond donors (Lipinski definition) is 2. The SMILES string of the molecule is O=C(O)c1ccc(C(=O)Nc2c(F)cccc2F)o1. The predicted molar refractivity (Wildman–Crippen MR) is 60.0 cm³/mol. The number of hydrogen-bond acceptors (Lipinski definition) is 3. The van der Waals surface area contributed by atoms with Crippen LogP contribution in [0, 0.1) is 11.6 Å². The maximum absolute atomic E-state index is 13.3. The van der Waals surface area contributed by atoms with E-state index in [0.29, 0.717) is 0 Å². The molecule has 0 aliphatic rings. The molecule has 0 spiro atoms. The number of benzene rings is 1. The van der Waals surface area contributed by atoms with Crippen molar-refractivity contribution in [3.63, 3.8) is 0 Å². The smallest absolute Gasteiger partial charge is 0.371 e. The van der Waals surface area contributed by atoms with Crippen LogP contribution in [0.5, 0.6) is 0 Å². The van der Waals surface area contributed by atoms with Crippen molar-refractivity contribution < 1.29 is 27.9 Å². The first-order valence-corrected chi connectivity index (χ1v) is 5.07. The number of anilines is 1. The number of carbonyl (C=O) groups is 2. The van der Waals surface area contributed by atoms with Gasteiger partial charge in [-0.05, 0) is 24.3 Å². The molecule has 2 rings (SSSR count). The molecular weight excluding hydrogens is 260 g/mol. The number of carbonyl (C=O) groups excluding carboxylic acids is 1. The van der Waals surface area contributed by atoms with Gasteiger partial charge in [-0.2, -0.15) is 0 Å². The van der Waals surface area contributed by atoms with Crippen molar-refractivity contribution >= 4 is 17.6 Å². The lowest BCUT2D eigenvalue weighted by atomic mass is 10.3. The van der Waals surface area contributed by atoms with Gasteiger partial charge in [-0.1, -0.05) is 6.07 Å². The van der Waals surface area contributed by atoms with Crippen LogP contribution in [0.4, 0.5) is 14.5 Å². The Morgan fingerprint density at radius 2 is 1.63 bits per heavy atom. The summed E-state index contributed by atoms with van der Waals surface area (Å²) in [4.78, 5) is 22.2. The van der Waals surface area contributed by atoms with Gasteiger partial charge in [0.05, 0.1) is 0 Å². The average Bonchev–Trinajstić information content (AvgIpc) is 2.83. The molecule has 5 nitrogen and oxygen atoms in total. The molecule has 2 aromatic rings. The molecule has 0 fully saturated rings. The van der Waals surface area contributed by atoms with Crippen LogP contribution >= 0.6 is 0 Å². The van der Waals surface area contributed by atoms with E-state index < -0.39 is 35.0 Å². The molecule has 0 atom stereocenters. The van der Waals surface area contributed by atoms with Crippen LogP contribution in [0.2, 0.25) is 0 Å². The van der Waals surface area contributed by atoms with Gasteiger partial charge in [0.15, 0.2) is 5.76 Å². The van der Waals surface area contributed by atoms with Crippen LogP contribution in [-0.4, -0.2) is 17.0 Å². The van der Waals surface area contributed by atoms with Crippen LogP contribution < -0.4 is 5.32 Å². The molecule has 0 unspecified atom stereocenters. The summed E-state index contributed by atoms with van der Waals surface area (Å²) < 4.78 is 31.3. The van der Waals surface area contributed by atoms with Gasteiger partial charge in [0, 0.05) is 0 Å². The zero-order chi connectivity index (χ0) is 14.0. The van der Waals surface area contributed by atoms with Crippen LogP contribution in [-0.2, 0) is 0 Å². The summed E-state index contributed by atoms with van der Waals surface area (Å²) in [7, 11) is 0. The number of aromatic carboxylic acids is 1. The number of para-hydroxylation sites is 1. The van der Waals surface area contributed by atoms with E-state index in [1.165, 1.54) is 0 Å². The molecule has 98 valence electrons. The lowest BCUT2D eigenvalue weighted by molar-refractivity contribution is 0.0660. The molecule has 0 saturated heterocycles. The van der Waals surface area contributed by atoms with E-state index >= 15 is 0 Å². The van der Waals surface area contributed by atoms with Crippen molar-refractivity contribution in [1.82, 2.24) is 0 Å². The maximum atomic E-state index is 13.3. The second kappa shape index (κ2) is 4.89. The molecule has 0 aliphatic carbocycles. The van der Waals surface area contributed by atoms with Gasteiger partial charge in [0.2, 0.25) is 5.76 Å². The zero-order valence-electron chi connectivity index (χ0n) is 9.31. The minimum Gasteiger partial charge on any atom is -0.475 e. The van der Waals surface area contributed by atoms with E-state index in [2.05, 4.69) is 0 Å². The molecule has 0 bridgehead atoms. The molecular formula is C12H7F2NO4. The van der Waals surface area contributed by atoms with Gasteiger partial charge in [-0.15, -0.1) is 0 Å². The van der Waals surface area contributed by atoms with Crippen molar-refractivity contribution in [2.45, 2.75) is 0 Å². The summed E-state index contributed by atoms with van der Waals surface area (Å²) >= 11 is 0. The number of carboxylic acid groups (broad SMARTS) is 1. The highest BCUT2D eigenvalue weighted by atomic mass is 19.1. The summed E-state index contributed by atoms with van der Waals surface area (Å²) in [6.07, 6.45) is 0. The minimum atomic E-state index is -1.35. The van der Waals surface area contributed by atoms with E-state index in [0.717, 1.165) is 30.3 Å². The van der Waals surface area contributed by atoms with Crippen molar-refractivity contribution in [3.8, 4) is 0 Å². The number of furan rings is 1. The summed E-state index contributed by atoms with van der Waals surface area (Å²) in [5, 5.41) is 10.6. The topological polar surface area (TPSA) is 79.5 Å². The molecule has 0 radical (unpaired) electrons. The largest absolute Gasteiger partial charge is 0.475 e. The fourth-order valence-electron chi connectivity index (χ4n) is 1.37. The highest BCUT2D eigenvalue weighted by Gasteiger charge is 2.18. The first kappa shape index (κ1) is 12.7. The molecule has 1 amide bonds. The lowest BCUT2D eigenvalue weighted by Crippen LogP contribution is -2.13. The van der Waals surface area contributed by atoms with E-state index in [9.17, 15) is 18.4 Å². The van der Waals surface area contributed by atoms with Gasteiger partial charge in [-0.25, -0.2) is 13.6 Å². The molecule has 1 aromatic heterocycles. The van der Waals surface area contributed by atoms with Crippen molar-refractivity contribution in [2.24, 2.45) is 0 Å². The molecule has 1 heterocycles. The number of rotatable bonds is 3. The molecule has 7 heteroatoms. The summed E-state index contributed by atoms with van der Waals surface area (Å²) in [6, 6.07) is 5.26. The fourth-order valence-corrected chi connectivity index (χ4v) is 1.37. The monoisotopic (exact) mass is 267 g/mol. The third-order valence-corrected chi connectivity index (χ3v) is 2.24. The Morgan fingerprint density at radius 3 is 2.16 bits per heavy atom. The summed E-state index contributed by atoms with van der Waals surface area (Å²) in [5.41, 5.74) is -0.624. The normalized spacial score (nSPS) is 10.2. The first-order chi connectivity index (χ1) is 8.99. The predicted octanol–water partition coefficient (Wildman–Crippen LogP) is 2.51. The van der Waals surface area contributed by atoms with Gasteiger partial charge in [0.1, 0.15) is 17.3 Å². The highest BCUT2D eigenvalue weighted by molar-refractivity contribution is 6.03. The van der Waals surface area contributed by atoms with Crippen LogP contribution in [0.25, 0.3) is 0 Å². The Bertz CT molecular complexity index is 631. The van der Waals surface area contributed by atoms with Crippen LogP contribution in [0.15, 0.2) is 34.7 Å². The van der Waals surface area contributed by atoms with Gasteiger partial charge in [0.25, 0.3) is 5.91 Å². The van der Waals surface area contributed by atoms with Crippen LogP contribution in [0.3, 0.4) is 0 Å². The molecule has 1 aromatic carbocycles. The lowest BCUT2D eigenvalue weighted by Gasteiger charge is -2.05. The number of carboxylic acids is 1. The Morgan fingerprint density at radius 1 is 1.05 bits per heavy atom. The van der Waals surface area contributed by atoms with Crippen molar-refractivity contribution in [2.75, 3.05) is 5.32 Å². The van der Waals surface area contributed by atoms with Gasteiger partial charge >= 0.3 is 5.97 Å². The second-order valence-corrected chi connectivity index (χ2v) is 3.52. The summed E-state index contributed by atoms with van der Waals surface area (Å²) in [6.45, 7) is 0. The Labute approximate surface area is 105 Å². The number of nitrogens with one attached hydrogen (secondary N) is 1. The van der Waals surface area contributed by atoms with Crippen molar-refractivity contribution in [3.05, 3.63) is 53.5 Å². The van der Waals surface area contributed by atoms with E-state index in [-0.39, 0.29) is 5.76 Å². The summed E-state index contributed by atoms with van der Waals surface area (Å²) in [5.74, 6) is -5.00. The molecule has 0 aliphatic heterocycles. The number of amides is 1. The molecule has 0 saturated carbocycles. The zero-order valence-corrected chi connectivity index (χ0v) is 9.31. The quantitative estimate of drug-likeness (QED) is 0.895. The molecule has 19 heavy (non-hydrogen) atoms. The minimum absolute atomic E-state index is 0.361. The van der Waals surface area contributed by atoms with Gasteiger partial charge in [-0.3, -0.25) is 4.79 Å². The van der Waals surface area contributed by atoms with Crippen LogP contribution in [0.1, 0.15) is 21.1 Å². The van der Waals surface area contributed by atoms with E-state index in [1.54, 1.807) is 0 Å². The van der Waals surface area contributed by atoms with E-state index in [4.69, 9.17) is 9.52 Å². The van der Waals surface area contributed by atoms with Crippen molar-refractivity contribution in [1.29, 1.82) is 0 Å². The first-order valence-electron chi connectivity index (χ1n) is 5.07. The molecule has 2 N–H and O–H groups in total. The third kappa shape index (κ3) is 2.59. The number of halogens is 2. The Kier molecular flexibility index (Phi) is 3.28. The fraction of sp³-hybridized carbons (Fsp3) is 0. The Balaban J connectivity index is 2.23. The Hall–Kier alpha value is -2.70. The third-order valence-electron chi connectivity index (χ3n) is 2.24.